The first-order valence-corrected chi connectivity index (χ1v) is 3.23. The quantitative estimate of drug-likeness (QED) is 0.651. The maximum atomic E-state index is 10.6. The van der Waals surface area contributed by atoms with E-state index in [9.17, 15) is 4.79 Å². The van der Waals surface area contributed by atoms with Crippen molar-refractivity contribution in [3.05, 3.63) is 11.1 Å². The summed E-state index contributed by atoms with van der Waals surface area (Å²) in [7, 11) is 1.31. The molecule has 0 aliphatic carbocycles. The molecule has 0 aliphatic rings. The first-order valence-electron chi connectivity index (χ1n) is 2.86. The number of esters is 1. The molecule has 0 saturated heterocycles. The number of hydrogen-bond donors (Lipinski definition) is 1. The van der Waals surface area contributed by atoms with Gasteiger partial charge in [-0.05, 0) is 11.6 Å². The number of H-pyrrole nitrogens is 1. The van der Waals surface area contributed by atoms with Crippen LogP contribution in [0.4, 0.5) is 0 Å². The Morgan fingerprint density at radius 3 is 3.00 bits per heavy atom. The number of aromatic nitrogens is 3. The lowest BCUT2D eigenvalue weighted by Crippen LogP contribution is -2.05. The molecule has 0 aliphatic heterocycles. The number of nitrogens with zero attached hydrogens (tertiary/aromatic N) is 2. The molecule has 6 heteroatoms. The van der Waals surface area contributed by atoms with Gasteiger partial charge >= 0.3 is 5.97 Å². The van der Waals surface area contributed by atoms with Gasteiger partial charge in [0.1, 0.15) is 12.2 Å². The summed E-state index contributed by atoms with van der Waals surface area (Å²) in [6.45, 7) is 0. The number of aromatic amines is 1. The van der Waals surface area contributed by atoms with Crippen LogP contribution in [0.25, 0.3) is 0 Å². The SMILES string of the molecule is COC(=O)Cc1nc(Cl)n[nH]1. The Balaban J connectivity index is 2.57. The lowest BCUT2D eigenvalue weighted by Gasteiger charge is -1.92. The molecule has 0 atom stereocenters. The Bertz CT molecular complexity index is 260. The van der Waals surface area contributed by atoms with Crippen molar-refractivity contribution in [3.63, 3.8) is 0 Å². The monoisotopic (exact) mass is 175 g/mol. The highest BCUT2D eigenvalue weighted by molar-refractivity contribution is 6.28. The molecule has 1 N–H and O–H groups in total. The summed E-state index contributed by atoms with van der Waals surface area (Å²) in [5.74, 6) is 0.0275. The van der Waals surface area contributed by atoms with E-state index >= 15 is 0 Å². The van der Waals surface area contributed by atoms with E-state index in [1.165, 1.54) is 7.11 Å². The zero-order valence-corrected chi connectivity index (χ0v) is 6.55. The fourth-order valence-corrected chi connectivity index (χ4v) is 0.704. The van der Waals surface area contributed by atoms with Crippen molar-refractivity contribution in [2.45, 2.75) is 6.42 Å². The second-order valence-electron chi connectivity index (χ2n) is 1.80. The number of carbonyl (C=O) groups excluding carboxylic acids is 1. The number of ether oxygens (including phenoxy) is 1. The Morgan fingerprint density at radius 1 is 1.82 bits per heavy atom. The number of halogens is 1. The molecule has 0 bridgehead atoms. The summed E-state index contributed by atoms with van der Waals surface area (Å²) in [5, 5.41) is 6.10. The van der Waals surface area contributed by atoms with Crippen LogP contribution in [0.15, 0.2) is 0 Å². The maximum Gasteiger partial charge on any atom is 0.313 e. The minimum Gasteiger partial charge on any atom is -0.469 e. The average molecular weight is 176 g/mol. The predicted molar refractivity (Wildman–Crippen MR) is 37.1 cm³/mol. The predicted octanol–water partition coefficient (Wildman–Crippen LogP) is 0.174. The molecule has 11 heavy (non-hydrogen) atoms. The average Bonchev–Trinajstić information content (AvgIpc) is 2.35. The number of nitrogens with one attached hydrogen (secondary N) is 1. The smallest absolute Gasteiger partial charge is 0.313 e. The first kappa shape index (κ1) is 8.00. The lowest BCUT2D eigenvalue weighted by molar-refractivity contribution is -0.139. The lowest BCUT2D eigenvalue weighted by atomic mass is 10.4. The zero-order valence-electron chi connectivity index (χ0n) is 5.80. The minimum atomic E-state index is -0.377. The van der Waals surface area contributed by atoms with E-state index in [1.54, 1.807) is 0 Å². The number of methoxy groups -OCH3 is 1. The number of hydrogen-bond acceptors (Lipinski definition) is 4. The van der Waals surface area contributed by atoms with E-state index in [0.29, 0.717) is 5.82 Å². The molecular formula is C5H6ClN3O2. The van der Waals surface area contributed by atoms with Crippen LogP contribution in [0.1, 0.15) is 5.82 Å². The van der Waals surface area contributed by atoms with Crippen LogP contribution in [-0.4, -0.2) is 28.3 Å². The van der Waals surface area contributed by atoms with E-state index < -0.39 is 0 Å². The summed E-state index contributed by atoms with van der Waals surface area (Å²) in [6.07, 6.45) is 0.0657. The Hall–Kier alpha value is -1.10. The summed E-state index contributed by atoms with van der Waals surface area (Å²) < 4.78 is 4.39. The normalized spacial score (nSPS) is 9.64. The van der Waals surface area contributed by atoms with E-state index in [1.807, 2.05) is 0 Å². The van der Waals surface area contributed by atoms with Crippen molar-refractivity contribution in [1.82, 2.24) is 15.2 Å². The molecular weight excluding hydrogens is 170 g/mol. The highest BCUT2D eigenvalue weighted by Crippen LogP contribution is 1.99. The summed E-state index contributed by atoms with van der Waals surface area (Å²) in [4.78, 5) is 14.3. The third-order valence-electron chi connectivity index (χ3n) is 1.04. The molecule has 1 aromatic heterocycles. The molecule has 1 aromatic rings. The maximum absolute atomic E-state index is 10.6. The number of carbonyl (C=O) groups is 1. The highest BCUT2D eigenvalue weighted by Gasteiger charge is 2.06. The van der Waals surface area contributed by atoms with Crippen LogP contribution in [0.3, 0.4) is 0 Å². The van der Waals surface area contributed by atoms with Crippen LogP contribution < -0.4 is 0 Å². The van der Waals surface area contributed by atoms with Gasteiger partial charge in [0, 0.05) is 0 Å². The first-order chi connectivity index (χ1) is 5.22. The van der Waals surface area contributed by atoms with Crippen molar-refractivity contribution >= 4 is 17.6 Å². The molecule has 0 spiro atoms. The third-order valence-corrected chi connectivity index (χ3v) is 1.21. The molecule has 0 unspecified atom stereocenters. The summed E-state index contributed by atoms with van der Waals surface area (Å²) in [5.41, 5.74) is 0. The molecule has 1 rings (SSSR count). The van der Waals surface area contributed by atoms with Crippen molar-refractivity contribution in [1.29, 1.82) is 0 Å². The Labute approximate surface area is 67.7 Å². The molecule has 0 fully saturated rings. The second-order valence-corrected chi connectivity index (χ2v) is 2.14. The van der Waals surface area contributed by atoms with Crippen molar-refractivity contribution in [3.8, 4) is 0 Å². The molecule has 0 amide bonds. The van der Waals surface area contributed by atoms with Crippen LogP contribution in [-0.2, 0) is 16.0 Å². The summed E-state index contributed by atoms with van der Waals surface area (Å²) >= 11 is 5.38. The topological polar surface area (TPSA) is 67.9 Å². The Kier molecular flexibility index (Phi) is 2.43. The second kappa shape index (κ2) is 3.34. The molecule has 0 radical (unpaired) electrons. The van der Waals surface area contributed by atoms with Gasteiger partial charge in [0.05, 0.1) is 7.11 Å². The number of rotatable bonds is 2. The van der Waals surface area contributed by atoms with E-state index in [4.69, 9.17) is 11.6 Å². The Morgan fingerprint density at radius 2 is 2.55 bits per heavy atom. The molecule has 1 heterocycles. The van der Waals surface area contributed by atoms with Crippen LogP contribution in [0.5, 0.6) is 0 Å². The fraction of sp³-hybridized carbons (Fsp3) is 0.400. The molecule has 60 valence electrons. The van der Waals surface area contributed by atoms with Gasteiger partial charge in [-0.15, -0.1) is 5.10 Å². The molecule has 5 nitrogen and oxygen atoms in total. The minimum absolute atomic E-state index is 0.0657. The van der Waals surface area contributed by atoms with Gasteiger partial charge in [0.25, 0.3) is 0 Å². The van der Waals surface area contributed by atoms with Gasteiger partial charge in [0.2, 0.25) is 5.28 Å². The van der Waals surface area contributed by atoms with E-state index in [0.717, 1.165) is 0 Å². The van der Waals surface area contributed by atoms with E-state index in [-0.39, 0.29) is 17.7 Å². The van der Waals surface area contributed by atoms with Crippen LogP contribution >= 0.6 is 11.6 Å². The highest BCUT2D eigenvalue weighted by atomic mass is 35.5. The fourth-order valence-electron chi connectivity index (χ4n) is 0.560. The van der Waals surface area contributed by atoms with Crippen molar-refractivity contribution in [2.24, 2.45) is 0 Å². The van der Waals surface area contributed by atoms with Crippen molar-refractivity contribution < 1.29 is 9.53 Å². The van der Waals surface area contributed by atoms with Crippen LogP contribution in [0.2, 0.25) is 5.28 Å². The largest absolute Gasteiger partial charge is 0.469 e. The van der Waals surface area contributed by atoms with Gasteiger partial charge in [-0.25, -0.2) is 4.98 Å². The zero-order chi connectivity index (χ0) is 8.27. The van der Waals surface area contributed by atoms with Gasteiger partial charge < -0.3 is 4.74 Å². The van der Waals surface area contributed by atoms with Gasteiger partial charge in [-0.1, -0.05) is 0 Å². The van der Waals surface area contributed by atoms with Gasteiger partial charge in [-0.2, -0.15) is 0 Å². The van der Waals surface area contributed by atoms with Gasteiger partial charge in [0.15, 0.2) is 0 Å². The van der Waals surface area contributed by atoms with Crippen LogP contribution in [0, 0.1) is 0 Å². The molecule has 0 saturated carbocycles. The summed E-state index contributed by atoms with van der Waals surface area (Å²) in [6, 6.07) is 0. The van der Waals surface area contributed by atoms with E-state index in [2.05, 4.69) is 19.9 Å². The molecule has 0 aromatic carbocycles. The van der Waals surface area contributed by atoms with Gasteiger partial charge in [-0.3, -0.25) is 9.89 Å². The standard InChI is InChI=1S/C5H6ClN3O2/c1-11-4(10)2-3-7-5(6)9-8-3/h2H2,1H3,(H,7,8,9). The van der Waals surface area contributed by atoms with Crippen molar-refractivity contribution in [2.75, 3.05) is 7.11 Å². The third kappa shape index (κ3) is 2.19.